The maximum absolute atomic E-state index is 13.0. The molecule has 4 aromatic rings. The van der Waals surface area contributed by atoms with Gasteiger partial charge in [0.1, 0.15) is 11.3 Å². The number of amides is 1. The number of phenolic OH excluding ortho intramolecular Hbond substituents is 1. The average molecular weight is 400 g/mol. The predicted octanol–water partition coefficient (Wildman–Crippen LogP) is 5.09. The highest BCUT2D eigenvalue weighted by Crippen LogP contribution is 2.31. The fourth-order valence-corrected chi connectivity index (χ4v) is 3.49. The van der Waals surface area contributed by atoms with E-state index in [-0.39, 0.29) is 17.6 Å². The zero-order valence-corrected chi connectivity index (χ0v) is 17.5. The Hall–Kier alpha value is -3.67. The second kappa shape index (κ2) is 7.63. The molecule has 6 heteroatoms. The van der Waals surface area contributed by atoms with Crippen molar-refractivity contribution in [2.45, 2.75) is 33.6 Å². The van der Waals surface area contributed by atoms with Crippen LogP contribution in [-0.2, 0) is 0 Å². The molecule has 4 rings (SSSR count). The molecule has 0 fully saturated rings. The minimum Gasteiger partial charge on any atom is -0.508 e. The molecule has 0 radical (unpaired) electrons. The Balaban J connectivity index is 1.71. The first-order valence-corrected chi connectivity index (χ1v) is 9.90. The maximum atomic E-state index is 13.0. The number of fused-ring (bicyclic) bond motifs is 1. The summed E-state index contributed by atoms with van der Waals surface area (Å²) in [4.78, 5) is 17.4. The summed E-state index contributed by atoms with van der Waals surface area (Å²) in [5.74, 6) is 0.0832. The van der Waals surface area contributed by atoms with Gasteiger partial charge in [-0.25, -0.2) is 9.50 Å². The SMILES string of the molecule is Cc1ccc(-c2ccnc3c(C(=O)Nc4cc(C(C)C)c(O)cc4C)cnn23)cc1. The van der Waals surface area contributed by atoms with E-state index in [1.807, 2.05) is 64.1 Å². The van der Waals surface area contributed by atoms with E-state index in [1.165, 1.54) is 11.8 Å². The van der Waals surface area contributed by atoms with Gasteiger partial charge in [0.25, 0.3) is 5.91 Å². The number of hydrogen-bond donors (Lipinski definition) is 2. The van der Waals surface area contributed by atoms with E-state index in [2.05, 4.69) is 15.4 Å². The molecule has 2 heterocycles. The fraction of sp³-hybridized carbons (Fsp3) is 0.208. The lowest BCUT2D eigenvalue weighted by Crippen LogP contribution is -2.13. The second-order valence-corrected chi connectivity index (χ2v) is 7.82. The van der Waals surface area contributed by atoms with E-state index in [0.717, 1.165) is 22.4 Å². The standard InChI is InChI=1S/C24H24N4O2/c1-14(2)18-12-20(16(4)11-22(18)29)27-24(30)19-13-26-28-21(9-10-25-23(19)28)17-7-5-15(3)6-8-17/h5-14,29H,1-4H3,(H,27,30). The van der Waals surface area contributed by atoms with E-state index in [0.29, 0.717) is 16.9 Å². The Labute approximate surface area is 175 Å². The van der Waals surface area contributed by atoms with E-state index < -0.39 is 0 Å². The lowest BCUT2D eigenvalue weighted by molar-refractivity contribution is 0.102. The van der Waals surface area contributed by atoms with Crippen molar-refractivity contribution in [1.29, 1.82) is 0 Å². The number of anilines is 1. The molecule has 0 aliphatic rings. The molecule has 1 amide bonds. The zero-order chi connectivity index (χ0) is 21.4. The molecule has 6 nitrogen and oxygen atoms in total. The van der Waals surface area contributed by atoms with Gasteiger partial charge in [0.05, 0.1) is 11.9 Å². The summed E-state index contributed by atoms with van der Waals surface area (Å²) in [6.45, 7) is 7.89. The Kier molecular flexibility index (Phi) is 4.99. The highest BCUT2D eigenvalue weighted by molar-refractivity contribution is 6.08. The minimum absolute atomic E-state index is 0.136. The van der Waals surface area contributed by atoms with Crippen LogP contribution in [0.2, 0.25) is 0 Å². The number of benzene rings is 2. The molecule has 30 heavy (non-hydrogen) atoms. The fourth-order valence-electron chi connectivity index (χ4n) is 3.49. The van der Waals surface area contributed by atoms with Gasteiger partial charge in [0.2, 0.25) is 0 Å². The van der Waals surface area contributed by atoms with Crippen LogP contribution in [0.25, 0.3) is 16.9 Å². The van der Waals surface area contributed by atoms with Crippen LogP contribution in [0, 0.1) is 13.8 Å². The number of aromatic nitrogens is 3. The van der Waals surface area contributed by atoms with Crippen molar-refractivity contribution in [2.24, 2.45) is 0 Å². The van der Waals surface area contributed by atoms with Gasteiger partial charge in [-0.2, -0.15) is 5.10 Å². The summed E-state index contributed by atoms with van der Waals surface area (Å²) in [6, 6.07) is 13.5. The largest absolute Gasteiger partial charge is 0.508 e. The molecule has 0 aliphatic heterocycles. The number of nitrogens with zero attached hydrogens (tertiary/aromatic N) is 3. The summed E-state index contributed by atoms with van der Waals surface area (Å²) in [5.41, 5.74) is 6.16. The molecule has 2 N–H and O–H groups in total. The second-order valence-electron chi connectivity index (χ2n) is 7.82. The van der Waals surface area contributed by atoms with Gasteiger partial charge in [-0.1, -0.05) is 43.7 Å². The van der Waals surface area contributed by atoms with Crippen molar-refractivity contribution in [3.63, 3.8) is 0 Å². The number of nitrogens with one attached hydrogen (secondary N) is 1. The lowest BCUT2D eigenvalue weighted by Gasteiger charge is -2.14. The Morgan fingerprint density at radius 3 is 2.53 bits per heavy atom. The van der Waals surface area contributed by atoms with Crippen LogP contribution < -0.4 is 5.32 Å². The summed E-state index contributed by atoms with van der Waals surface area (Å²) >= 11 is 0. The van der Waals surface area contributed by atoms with Crippen LogP contribution >= 0.6 is 0 Å². The quantitative estimate of drug-likeness (QED) is 0.468. The highest BCUT2D eigenvalue weighted by Gasteiger charge is 2.18. The zero-order valence-electron chi connectivity index (χ0n) is 17.5. The molecule has 0 saturated carbocycles. The molecule has 0 aliphatic carbocycles. The molecule has 0 spiro atoms. The first kappa shape index (κ1) is 19.6. The summed E-state index contributed by atoms with van der Waals surface area (Å²) < 4.78 is 1.68. The van der Waals surface area contributed by atoms with Gasteiger partial charge in [0.15, 0.2) is 5.65 Å². The molecule has 0 atom stereocenters. The number of aryl methyl sites for hydroxylation is 2. The van der Waals surface area contributed by atoms with Gasteiger partial charge in [0, 0.05) is 17.4 Å². The average Bonchev–Trinajstić information content (AvgIpc) is 3.15. The van der Waals surface area contributed by atoms with Crippen LogP contribution in [0.3, 0.4) is 0 Å². The van der Waals surface area contributed by atoms with Crippen LogP contribution in [0.5, 0.6) is 5.75 Å². The predicted molar refractivity (Wildman–Crippen MR) is 118 cm³/mol. The normalized spacial score (nSPS) is 11.2. The Morgan fingerprint density at radius 2 is 1.83 bits per heavy atom. The Bertz CT molecular complexity index is 1240. The van der Waals surface area contributed by atoms with Crippen LogP contribution in [0.15, 0.2) is 54.9 Å². The molecule has 0 saturated heterocycles. The third-order valence-corrected chi connectivity index (χ3v) is 5.24. The van der Waals surface area contributed by atoms with E-state index in [9.17, 15) is 9.90 Å². The van der Waals surface area contributed by atoms with Crippen LogP contribution in [-0.4, -0.2) is 25.6 Å². The molecular formula is C24H24N4O2. The molecule has 0 unspecified atom stereocenters. The minimum atomic E-state index is -0.290. The van der Waals surface area contributed by atoms with Gasteiger partial charge in [-0.15, -0.1) is 0 Å². The van der Waals surface area contributed by atoms with Crippen LogP contribution in [0.1, 0.15) is 46.8 Å². The Morgan fingerprint density at radius 1 is 1.10 bits per heavy atom. The summed E-state index contributed by atoms with van der Waals surface area (Å²) in [6.07, 6.45) is 3.22. The van der Waals surface area contributed by atoms with E-state index in [1.54, 1.807) is 16.8 Å². The van der Waals surface area contributed by atoms with E-state index >= 15 is 0 Å². The highest BCUT2D eigenvalue weighted by atomic mass is 16.3. The summed E-state index contributed by atoms with van der Waals surface area (Å²) in [7, 11) is 0. The summed E-state index contributed by atoms with van der Waals surface area (Å²) in [5, 5.41) is 17.5. The first-order chi connectivity index (χ1) is 14.3. The first-order valence-electron chi connectivity index (χ1n) is 9.90. The van der Waals surface area contributed by atoms with Gasteiger partial charge < -0.3 is 10.4 Å². The number of rotatable bonds is 4. The molecule has 0 bridgehead atoms. The third-order valence-electron chi connectivity index (χ3n) is 5.24. The van der Waals surface area contributed by atoms with Crippen molar-refractivity contribution in [3.05, 3.63) is 77.1 Å². The topological polar surface area (TPSA) is 79.5 Å². The van der Waals surface area contributed by atoms with Gasteiger partial charge in [-0.05, 0) is 49.1 Å². The molecule has 152 valence electrons. The molecule has 2 aromatic heterocycles. The van der Waals surface area contributed by atoms with Crippen molar-refractivity contribution in [3.8, 4) is 17.0 Å². The lowest BCUT2D eigenvalue weighted by atomic mass is 9.99. The number of phenols is 1. The molecule has 2 aromatic carbocycles. The van der Waals surface area contributed by atoms with Crippen molar-refractivity contribution in [2.75, 3.05) is 5.32 Å². The van der Waals surface area contributed by atoms with Gasteiger partial charge >= 0.3 is 0 Å². The maximum Gasteiger partial charge on any atom is 0.261 e. The van der Waals surface area contributed by atoms with Gasteiger partial charge in [-0.3, -0.25) is 4.79 Å². The van der Waals surface area contributed by atoms with Crippen LogP contribution in [0.4, 0.5) is 5.69 Å². The van der Waals surface area contributed by atoms with Crippen molar-refractivity contribution in [1.82, 2.24) is 14.6 Å². The molecular weight excluding hydrogens is 376 g/mol. The monoisotopic (exact) mass is 400 g/mol. The number of carbonyl (C=O) groups excluding carboxylic acids is 1. The van der Waals surface area contributed by atoms with Crippen molar-refractivity contribution < 1.29 is 9.90 Å². The van der Waals surface area contributed by atoms with E-state index in [4.69, 9.17) is 0 Å². The number of carbonyl (C=O) groups is 1. The number of hydrogen-bond acceptors (Lipinski definition) is 4. The number of aromatic hydroxyl groups is 1. The third kappa shape index (κ3) is 3.52. The van der Waals surface area contributed by atoms with Crippen molar-refractivity contribution >= 4 is 17.2 Å². The smallest absolute Gasteiger partial charge is 0.261 e.